The summed E-state index contributed by atoms with van der Waals surface area (Å²) < 4.78 is 14.6. The molecule has 6 rings (SSSR count). The number of fused-ring (bicyclic) bond motifs is 2. The zero-order chi connectivity index (χ0) is 28.3. The highest BCUT2D eigenvalue weighted by atomic mass is 16.5. The average Bonchev–Trinajstić information content (AvgIpc) is 3.33. The first kappa shape index (κ1) is 27.3. The zero-order valence-corrected chi connectivity index (χ0v) is 24.8. The van der Waals surface area contributed by atoms with Crippen LogP contribution in [0.15, 0.2) is 30.3 Å². The fourth-order valence-electron chi connectivity index (χ4n) is 7.25. The van der Waals surface area contributed by atoms with Gasteiger partial charge in [-0.25, -0.2) is 4.79 Å². The van der Waals surface area contributed by atoms with Crippen molar-refractivity contribution in [2.24, 2.45) is 0 Å². The molecule has 2 unspecified atom stereocenters. The molecule has 0 amide bonds. The quantitative estimate of drug-likeness (QED) is 0.401. The maximum absolute atomic E-state index is 12.9. The van der Waals surface area contributed by atoms with Gasteiger partial charge in [-0.2, -0.15) is 0 Å². The molecule has 2 aromatic carbocycles. The van der Waals surface area contributed by atoms with Gasteiger partial charge in [0, 0.05) is 54.9 Å². The second-order valence-electron chi connectivity index (χ2n) is 12.9. The Morgan fingerprint density at radius 1 is 1.05 bits per heavy atom. The largest absolute Gasteiger partial charge is 0.479 e. The highest BCUT2D eigenvalue weighted by Gasteiger charge is 2.39. The smallest absolute Gasteiger partial charge is 0.337 e. The van der Waals surface area contributed by atoms with Crippen molar-refractivity contribution in [2.45, 2.75) is 84.7 Å². The summed E-state index contributed by atoms with van der Waals surface area (Å²) in [5.74, 6) is -0.957. The van der Waals surface area contributed by atoms with Crippen molar-refractivity contribution < 1.29 is 19.4 Å². The lowest BCUT2D eigenvalue weighted by atomic mass is 9.87. The molecule has 3 aliphatic rings. The van der Waals surface area contributed by atoms with Crippen LogP contribution in [-0.2, 0) is 20.8 Å². The number of ether oxygens (including phenoxy) is 2. The first-order valence-electron chi connectivity index (χ1n) is 14.8. The lowest BCUT2D eigenvalue weighted by Gasteiger charge is -2.39. The number of carbonyl (C=O) groups is 1. The van der Waals surface area contributed by atoms with Gasteiger partial charge >= 0.3 is 5.97 Å². The lowest BCUT2D eigenvalue weighted by molar-refractivity contribution is -0.160. The van der Waals surface area contributed by atoms with Gasteiger partial charge in [-0.1, -0.05) is 29.8 Å². The molecule has 0 aliphatic carbocycles. The van der Waals surface area contributed by atoms with Crippen LogP contribution in [0, 0.1) is 20.8 Å². The van der Waals surface area contributed by atoms with E-state index in [-0.39, 0.29) is 0 Å². The van der Waals surface area contributed by atoms with Crippen molar-refractivity contribution >= 4 is 22.6 Å². The summed E-state index contributed by atoms with van der Waals surface area (Å²) in [6, 6.07) is 11.7. The van der Waals surface area contributed by atoms with E-state index in [1.165, 1.54) is 29.6 Å². The van der Waals surface area contributed by atoms with Crippen LogP contribution in [-0.4, -0.2) is 71.1 Å². The fraction of sp³-hybridized carbons (Fsp3) is 0.545. The van der Waals surface area contributed by atoms with Crippen molar-refractivity contribution in [3.63, 3.8) is 0 Å². The predicted octanol–water partition coefficient (Wildman–Crippen LogP) is 5.86. The molecule has 40 heavy (non-hydrogen) atoms. The van der Waals surface area contributed by atoms with Gasteiger partial charge in [0.05, 0.1) is 30.0 Å². The molecule has 3 aromatic rings. The van der Waals surface area contributed by atoms with Crippen molar-refractivity contribution in [2.75, 3.05) is 37.7 Å². The van der Waals surface area contributed by atoms with Crippen LogP contribution in [0.5, 0.6) is 0 Å². The minimum atomic E-state index is -1.08. The van der Waals surface area contributed by atoms with Gasteiger partial charge in [-0.3, -0.25) is 4.90 Å². The van der Waals surface area contributed by atoms with E-state index < -0.39 is 17.7 Å². The zero-order valence-electron chi connectivity index (χ0n) is 24.8. The first-order chi connectivity index (χ1) is 19.0. The highest BCUT2D eigenvalue weighted by molar-refractivity contribution is 6.07. The van der Waals surface area contributed by atoms with E-state index in [1.54, 1.807) is 0 Å². The van der Waals surface area contributed by atoms with Crippen molar-refractivity contribution in [1.29, 1.82) is 0 Å². The molecular formula is C33H43N3O4. The third kappa shape index (κ3) is 4.72. The van der Waals surface area contributed by atoms with E-state index in [4.69, 9.17) is 9.47 Å². The molecule has 0 spiro atoms. The van der Waals surface area contributed by atoms with Gasteiger partial charge < -0.3 is 24.0 Å². The second-order valence-corrected chi connectivity index (χ2v) is 12.9. The van der Waals surface area contributed by atoms with Crippen LogP contribution < -0.4 is 4.90 Å². The number of morpholine rings is 1. The standard InChI is InChI=1S/C33H43N3O4/c1-20-7-9-23(10-8-20)28-26-17-21(2)35-15-13-34(14-16-36-24-11-12-25(36)19-39-18-24)29(30(26)35)22(3)27(28)31(32(37)38)40-33(4,5)6/h7-10,17,24-25,31H,11-16,18-19H2,1-6H3,(H,37,38)/t24?,25?,31-/m0/s1. The van der Waals surface area contributed by atoms with Gasteiger partial charge in [0.15, 0.2) is 6.10 Å². The maximum Gasteiger partial charge on any atom is 0.337 e. The molecule has 7 heteroatoms. The number of carboxylic acids is 1. The van der Waals surface area contributed by atoms with Gasteiger partial charge in [0.25, 0.3) is 0 Å². The Morgan fingerprint density at radius 2 is 1.73 bits per heavy atom. The van der Waals surface area contributed by atoms with E-state index in [0.29, 0.717) is 12.1 Å². The number of aryl methyl sites for hydroxylation is 2. The molecule has 4 heterocycles. The summed E-state index contributed by atoms with van der Waals surface area (Å²) in [6.07, 6.45) is 1.35. The van der Waals surface area contributed by atoms with E-state index in [2.05, 4.69) is 65.5 Å². The molecule has 1 aromatic heterocycles. The van der Waals surface area contributed by atoms with Crippen LogP contribution in [0.25, 0.3) is 22.0 Å². The summed E-state index contributed by atoms with van der Waals surface area (Å²) in [4.78, 5) is 18.1. The molecule has 0 radical (unpaired) electrons. The number of anilines is 1. The van der Waals surface area contributed by atoms with Crippen LogP contribution in [0.1, 0.15) is 62.1 Å². The van der Waals surface area contributed by atoms with E-state index >= 15 is 0 Å². The molecule has 214 valence electrons. The number of rotatable bonds is 7. The molecule has 7 nitrogen and oxygen atoms in total. The Kier molecular flexibility index (Phi) is 6.96. The minimum Gasteiger partial charge on any atom is -0.479 e. The normalized spacial score (nSPS) is 21.8. The molecule has 2 bridgehead atoms. The molecule has 2 fully saturated rings. The average molecular weight is 546 g/mol. The summed E-state index contributed by atoms with van der Waals surface area (Å²) in [5.41, 5.74) is 7.90. The molecule has 0 saturated carbocycles. The van der Waals surface area contributed by atoms with E-state index in [9.17, 15) is 9.90 Å². The Morgan fingerprint density at radius 3 is 2.35 bits per heavy atom. The molecule has 1 N–H and O–H groups in total. The van der Waals surface area contributed by atoms with Crippen LogP contribution in [0.4, 0.5) is 5.69 Å². The first-order valence-corrected chi connectivity index (χ1v) is 14.8. The molecule has 3 atom stereocenters. The monoisotopic (exact) mass is 545 g/mol. The van der Waals surface area contributed by atoms with Gasteiger partial charge in [-0.05, 0) is 77.1 Å². The number of benzene rings is 2. The topological polar surface area (TPSA) is 67.2 Å². The molecule has 3 aliphatic heterocycles. The third-order valence-electron chi connectivity index (χ3n) is 9.05. The number of hydrogen-bond acceptors (Lipinski definition) is 5. The van der Waals surface area contributed by atoms with E-state index in [1.807, 2.05) is 20.8 Å². The maximum atomic E-state index is 12.9. The van der Waals surface area contributed by atoms with E-state index in [0.717, 1.165) is 72.7 Å². The second kappa shape index (κ2) is 10.2. The summed E-state index contributed by atoms with van der Waals surface area (Å²) in [6.45, 7) is 17.5. The van der Waals surface area contributed by atoms with Gasteiger partial charge in [0.2, 0.25) is 0 Å². The number of aromatic nitrogens is 1. The molecule has 2 saturated heterocycles. The lowest BCUT2D eigenvalue weighted by Crippen LogP contribution is -2.49. The molecular weight excluding hydrogens is 502 g/mol. The predicted molar refractivity (Wildman–Crippen MR) is 159 cm³/mol. The summed E-state index contributed by atoms with van der Waals surface area (Å²) in [7, 11) is 0. The van der Waals surface area contributed by atoms with Crippen LogP contribution in [0.2, 0.25) is 0 Å². The Bertz CT molecular complexity index is 1420. The van der Waals surface area contributed by atoms with Crippen molar-refractivity contribution in [3.8, 4) is 11.1 Å². The minimum absolute atomic E-state index is 0.520. The third-order valence-corrected chi connectivity index (χ3v) is 9.05. The summed E-state index contributed by atoms with van der Waals surface area (Å²) in [5, 5.41) is 11.7. The van der Waals surface area contributed by atoms with Crippen LogP contribution >= 0.6 is 0 Å². The van der Waals surface area contributed by atoms with Crippen molar-refractivity contribution in [1.82, 2.24) is 9.47 Å². The number of nitrogens with zero attached hydrogens (tertiary/aromatic N) is 3. The Hall–Kier alpha value is -2.87. The Labute approximate surface area is 237 Å². The Balaban J connectivity index is 1.53. The summed E-state index contributed by atoms with van der Waals surface area (Å²) >= 11 is 0. The number of aliphatic carboxylic acids is 1. The van der Waals surface area contributed by atoms with Gasteiger partial charge in [-0.15, -0.1) is 0 Å². The number of carboxylic acid groups (broad SMARTS) is 1. The van der Waals surface area contributed by atoms with Crippen molar-refractivity contribution in [3.05, 3.63) is 52.7 Å². The van der Waals surface area contributed by atoms with Gasteiger partial charge in [0.1, 0.15) is 0 Å². The van der Waals surface area contributed by atoms with Crippen LogP contribution in [0.3, 0.4) is 0 Å². The fourth-order valence-corrected chi connectivity index (χ4v) is 7.25. The highest BCUT2D eigenvalue weighted by Crippen LogP contribution is 2.48. The SMILES string of the molecule is Cc1ccc(-c2c([C@H](OC(C)(C)C)C(=O)O)c(C)c3c4c2cc(C)n4CCN3CCN2C3CCC2COC3)cc1. The number of hydrogen-bond donors (Lipinski definition) is 1.